The molecule has 2 N–H and O–H groups in total. The molecule has 0 aromatic heterocycles. The largest absolute Gasteiger partial charge is 0.491 e. The highest BCUT2D eigenvalue weighted by molar-refractivity contribution is 5.88. The Hall–Kier alpha value is -3.34. The van der Waals surface area contributed by atoms with Crippen molar-refractivity contribution in [3.63, 3.8) is 0 Å². The molecule has 4 aromatic rings. The predicted molar refractivity (Wildman–Crippen MR) is 122 cm³/mol. The van der Waals surface area contributed by atoms with E-state index in [-0.39, 0.29) is 13.2 Å². The maximum Gasteiger partial charge on any atom is 0.123 e. The maximum atomic E-state index is 10.4. The molecular weight excluding hydrogens is 388 g/mol. The van der Waals surface area contributed by atoms with Gasteiger partial charge >= 0.3 is 0 Å². The van der Waals surface area contributed by atoms with Crippen molar-refractivity contribution >= 4 is 10.8 Å². The number of benzene rings is 4. The van der Waals surface area contributed by atoms with Crippen LogP contribution in [-0.4, -0.2) is 23.4 Å². The first kappa shape index (κ1) is 20.9. The summed E-state index contributed by atoms with van der Waals surface area (Å²) in [4.78, 5) is 0. The third-order valence-corrected chi connectivity index (χ3v) is 5.39. The molecule has 0 aliphatic rings. The molecule has 158 valence electrons. The lowest BCUT2D eigenvalue weighted by molar-refractivity contribution is 0.108. The fraction of sp³-hybridized carbons (Fsp3) is 0.185. The predicted octanol–water partition coefficient (Wildman–Crippen LogP) is 5.37. The van der Waals surface area contributed by atoms with E-state index < -0.39 is 12.2 Å². The van der Waals surface area contributed by atoms with E-state index in [1.165, 1.54) is 0 Å². The van der Waals surface area contributed by atoms with Gasteiger partial charge in [-0.3, -0.25) is 0 Å². The number of hydrogen-bond donors (Lipinski definition) is 2. The van der Waals surface area contributed by atoms with Crippen LogP contribution in [0.3, 0.4) is 0 Å². The van der Waals surface area contributed by atoms with Gasteiger partial charge in [0.05, 0.1) is 0 Å². The Kier molecular flexibility index (Phi) is 6.51. The number of aliphatic hydroxyl groups excluding tert-OH is 2. The number of aliphatic hydroxyl groups is 2. The molecule has 0 amide bonds. The Labute approximate surface area is 182 Å². The quantitative estimate of drug-likeness (QED) is 0.407. The summed E-state index contributed by atoms with van der Waals surface area (Å²) >= 11 is 0. The molecule has 0 saturated carbocycles. The normalized spacial score (nSPS) is 13.0. The molecular formula is C27H26O4. The van der Waals surface area contributed by atoms with Crippen LogP contribution < -0.4 is 9.47 Å². The number of ether oxygens (including phenoxy) is 2. The van der Waals surface area contributed by atoms with Gasteiger partial charge in [0.1, 0.15) is 36.9 Å². The lowest BCUT2D eigenvalue weighted by atomic mass is 10.0. The van der Waals surface area contributed by atoms with E-state index in [4.69, 9.17) is 9.47 Å². The highest BCUT2D eigenvalue weighted by Gasteiger charge is 2.12. The zero-order valence-electron chi connectivity index (χ0n) is 17.4. The smallest absolute Gasteiger partial charge is 0.123 e. The summed E-state index contributed by atoms with van der Waals surface area (Å²) < 4.78 is 11.8. The summed E-state index contributed by atoms with van der Waals surface area (Å²) in [6.45, 7) is 2.35. The topological polar surface area (TPSA) is 58.9 Å². The molecule has 31 heavy (non-hydrogen) atoms. The van der Waals surface area contributed by atoms with Gasteiger partial charge in [-0.2, -0.15) is 0 Å². The van der Waals surface area contributed by atoms with Crippen LogP contribution in [0.15, 0.2) is 91.0 Å². The molecule has 0 bridgehead atoms. The maximum absolute atomic E-state index is 10.4. The summed E-state index contributed by atoms with van der Waals surface area (Å²) in [6.07, 6.45) is -1.38. The van der Waals surface area contributed by atoms with Crippen molar-refractivity contribution in [3.05, 3.63) is 108 Å². The van der Waals surface area contributed by atoms with Gasteiger partial charge in [-0.25, -0.2) is 0 Å². The highest BCUT2D eigenvalue weighted by Crippen LogP contribution is 2.31. The van der Waals surface area contributed by atoms with Crippen molar-refractivity contribution in [2.75, 3.05) is 13.2 Å². The molecule has 4 aromatic carbocycles. The van der Waals surface area contributed by atoms with Gasteiger partial charge in [0.25, 0.3) is 0 Å². The monoisotopic (exact) mass is 414 g/mol. The van der Waals surface area contributed by atoms with Gasteiger partial charge in [0, 0.05) is 0 Å². The molecule has 0 heterocycles. The summed E-state index contributed by atoms with van der Waals surface area (Å²) in [5.74, 6) is 1.41. The fourth-order valence-corrected chi connectivity index (χ4v) is 3.56. The van der Waals surface area contributed by atoms with E-state index in [2.05, 4.69) is 0 Å². The fourth-order valence-electron chi connectivity index (χ4n) is 3.56. The molecule has 0 aliphatic heterocycles. The first-order valence-corrected chi connectivity index (χ1v) is 10.4. The average Bonchev–Trinajstić information content (AvgIpc) is 2.83. The van der Waals surface area contributed by atoms with Crippen molar-refractivity contribution in [3.8, 4) is 11.5 Å². The van der Waals surface area contributed by atoms with Crippen LogP contribution in [0.25, 0.3) is 10.8 Å². The van der Waals surface area contributed by atoms with Gasteiger partial charge in [0.15, 0.2) is 0 Å². The minimum absolute atomic E-state index is 0.175. The van der Waals surface area contributed by atoms with Crippen molar-refractivity contribution in [1.29, 1.82) is 0 Å². The van der Waals surface area contributed by atoms with Crippen molar-refractivity contribution in [1.82, 2.24) is 0 Å². The molecule has 0 spiro atoms. The Morgan fingerprint density at radius 2 is 1.23 bits per heavy atom. The number of hydrogen-bond acceptors (Lipinski definition) is 4. The minimum Gasteiger partial charge on any atom is -0.491 e. The molecule has 0 fully saturated rings. The molecule has 4 rings (SSSR count). The van der Waals surface area contributed by atoms with Crippen LogP contribution in [0.4, 0.5) is 0 Å². The lowest BCUT2D eigenvalue weighted by Gasteiger charge is -2.16. The molecule has 4 nitrogen and oxygen atoms in total. The van der Waals surface area contributed by atoms with Crippen LogP contribution in [0.1, 0.15) is 28.9 Å². The van der Waals surface area contributed by atoms with Gasteiger partial charge in [-0.15, -0.1) is 0 Å². The van der Waals surface area contributed by atoms with Crippen LogP contribution in [0.2, 0.25) is 0 Å². The Bertz CT molecular complexity index is 1120. The van der Waals surface area contributed by atoms with E-state index >= 15 is 0 Å². The highest BCUT2D eigenvalue weighted by atomic mass is 16.5. The standard InChI is InChI=1S/C27H26O4/c1-19-24-16-23(30-17-25(28)21-8-4-2-5-9-21)14-12-20(24)13-15-27(19)31-18-26(29)22-10-6-3-7-11-22/h2-16,25-26,28-29H,17-18H2,1H3. The third-order valence-electron chi connectivity index (χ3n) is 5.39. The second-order valence-electron chi connectivity index (χ2n) is 7.55. The second kappa shape index (κ2) is 9.65. The lowest BCUT2D eigenvalue weighted by Crippen LogP contribution is -2.10. The number of rotatable bonds is 8. The number of aryl methyl sites for hydroxylation is 1. The Morgan fingerprint density at radius 3 is 1.84 bits per heavy atom. The van der Waals surface area contributed by atoms with E-state index in [1.807, 2.05) is 97.9 Å². The molecule has 2 unspecified atom stereocenters. The van der Waals surface area contributed by atoms with Crippen LogP contribution in [0, 0.1) is 6.92 Å². The second-order valence-corrected chi connectivity index (χ2v) is 7.55. The third kappa shape index (κ3) is 5.05. The molecule has 0 radical (unpaired) electrons. The van der Waals surface area contributed by atoms with Gasteiger partial charge < -0.3 is 19.7 Å². The average molecular weight is 415 g/mol. The SMILES string of the molecule is Cc1c(OCC(O)c2ccccc2)ccc2ccc(OCC(O)c3ccccc3)cc12. The molecule has 0 saturated heterocycles. The Morgan fingerprint density at radius 1 is 0.677 bits per heavy atom. The zero-order valence-corrected chi connectivity index (χ0v) is 17.4. The van der Waals surface area contributed by atoms with E-state index in [0.29, 0.717) is 5.75 Å². The first-order valence-electron chi connectivity index (χ1n) is 10.4. The molecule has 4 heteroatoms. The van der Waals surface area contributed by atoms with Crippen LogP contribution in [-0.2, 0) is 0 Å². The first-order chi connectivity index (χ1) is 15.1. The van der Waals surface area contributed by atoms with Gasteiger partial charge in [0.2, 0.25) is 0 Å². The van der Waals surface area contributed by atoms with Crippen molar-refractivity contribution < 1.29 is 19.7 Å². The summed E-state index contributed by atoms with van der Waals surface area (Å²) in [5.41, 5.74) is 2.63. The van der Waals surface area contributed by atoms with Crippen LogP contribution in [0.5, 0.6) is 11.5 Å². The van der Waals surface area contributed by atoms with E-state index in [0.717, 1.165) is 33.2 Å². The summed E-state index contributed by atoms with van der Waals surface area (Å²) in [6, 6.07) is 28.7. The van der Waals surface area contributed by atoms with Gasteiger partial charge in [-0.1, -0.05) is 72.8 Å². The number of fused-ring (bicyclic) bond motifs is 1. The van der Waals surface area contributed by atoms with E-state index in [1.54, 1.807) is 0 Å². The molecule has 0 aliphatic carbocycles. The van der Waals surface area contributed by atoms with Gasteiger partial charge in [-0.05, 0) is 52.6 Å². The minimum atomic E-state index is -0.689. The van der Waals surface area contributed by atoms with Crippen molar-refractivity contribution in [2.45, 2.75) is 19.1 Å². The van der Waals surface area contributed by atoms with Crippen molar-refractivity contribution in [2.24, 2.45) is 0 Å². The summed E-state index contributed by atoms with van der Waals surface area (Å²) in [7, 11) is 0. The zero-order chi connectivity index (χ0) is 21.6. The van der Waals surface area contributed by atoms with Crippen LogP contribution >= 0.6 is 0 Å². The molecule has 2 atom stereocenters. The summed E-state index contributed by atoms with van der Waals surface area (Å²) in [5, 5.41) is 22.8. The Balaban J connectivity index is 1.46. The van der Waals surface area contributed by atoms with E-state index in [9.17, 15) is 10.2 Å².